The number of nitrogens with zero attached hydrogens (tertiary/aromatic N) is 1. The highest BCUT2D eigenvalue weighted by Crippen LogP contribution is 2.21. The molecular formula is C11H22N2O. The third-order valence-electron chi connectivity index (χ3n) is 3.45. The first kappa shape index (κ1) is 10.4. The number of piperidine rings is 1. The van der Waals surface area contributed by atoms with Gasteiger partial charge in [-0.25, -0.2) is 10.4 Å². The molecule has 2 heterocycles. The molecule has 3 nitrogen and oxygen atoms in total. The highest BCUT2D eigenvalue weighted by molar-refractivity contribution is 4.80. The summed E-state index contributed by atoms with van der Waals surface area (Å²) in [4.78, 5) is 0. The summed E-state index contributed by atoms with van der Waals surface area (Å²) in [5, 5.41) is 2.45. The van der Waals surface area contributed by atoms with Gasteiger partial charge < -0.3 is 4.74 Å². The van der Waals surface area contributed by atoms with E-state index in [0.29, 0.717) is 18.1 Å². The Labute approximate surface area is 86.8 Å². The van der Waals surface area contributed by atoms with Gasteiger partial charge in [-0.1, -0.05) is 6.42 Å². The molecule has 82 valence electrons. The number of hydrazine groups is 1. The first-order valence-electron chi connectivity index (χ1n) is 5.89. The summed E-state index contributed by atoms with van der Waals surface area (Å²) in [5.74, 6) is 0. The van der Waals surface area contributed by atoms with E-state index < -0.39 is 0 Å². The topological polar surface area (TPSA) is 24.5 Å². The van der Waals surface area contributed by atoms with Crippen LogP contribution in [0.4, 0.5) is 0 Å². The lowest BCUT2D eigenvalue weighted by Gasteiger charge is -2.40. The maximum Gasteiger partial charge on any atom is 0.0634 e. The van der Waals surface area contributed by atoms with Gasteiger partial charge in [0.1, 0.15) is 0 Å². The fraction of sp³-hybridized carbons (Fsp3) is 1.00. The lowest BCUT2D eigenvalue weighted by atomic mass is 10.00. The predicted molar refractivity (Wildman–Crippen MR) is 57.0 cm³/mol. The minimum absolute atomic E-state index is 0.554. The van der Waals surface area contributed by atoms with Gasteiger partial charge in [0, 0.05) is 24.7 Å². The lowest BCUT2D eigenvalue weighted by molar-refractivity contribution is 0.0272. The Morgan fingerprint density at radius 3 is 2.43 bits per heavy atom. The fourth-order valence-corrected chi connectivity index (χ4v) is 2.52. The minimum Gasteiger partial charge on any atom is -0.380 e. The SMILES string of the molecule is CC1CCCC(C)N1NC1CCOC1. The average molecular weight is 198 g/mol. The number of rotatable bonds is 2. The van der Waals surface area contributed by atoms with E-state index in [2.05, 4.69) is 24.3 Å². The number of hydrogen-bond acceptors (Lipinski definition) is 3. The van der Waals surface area contributed by atoms with Gasteiger partial charge in [-0.3, -0.25) is 0 Å². The van der Waals surface area contributed by atoms with E-state index in [1.54, 1.807) is 0 Å². The summed E-state index contributed by atoms with van der Waals surface area (Å²) in [5.41, 5.74) is 3.63. The first-order valence-corrected chi connectivity index (χ1v) is 5.89. The molecule has 14 heavy (non-hydrogen) atoms. The normalized spacial score (nSPS) is 40.3. The molecule has 1 N–H and O–H groups in total. The van der Waals surface area contributed by atoms with Crippen LogP contribution < -0.4 is 5.43 Å². The molecule has 3 heteroatoms. The summed E-state index contributed by atoms with van der Waals surface area (Å²) < 4.78 is 5.38. The third kappa shape index (κ3) is 2.27. The fourth-order valence-electron chi connectivity index (χ4n) is 2.52. The molecule has 0 aromatic rings. The zero-order chi connectivity index (χ0) is 9.97. The Morgan fingerprint density at radius 2 is 1.86 bits per heavy atom. The molecule has 2 aliphatic rings. The maximum absolute atomic E-state index is 5.38. The molecule has 2 saturated heterocycles. The van der Waals surface area contributed by atoms with Crippen molar-refractivity contribution in [2.24, 2.45) is 0 Å². The van der Waals surface area contributed by atoms with Gasteiger partial charge in [0.25, 0.3) is 0 Å². The zero-order valence-corrected chi connectivity index (χ0v) is 9.33. The predicted octanol–water partition coefficient (Wildman–Crippen LogP) is 1.54. The van der Waals surface area contributed by atoms with E-state index in [9.17, 15) is 0 Å². The largest absolute Gasteiger partial charge is 0.380 e. The summed E-state index contributed by atoms with van der Waals surface area (Å²) in [6.07, 6.45) is 5.19. The van der Waals surface area contributed by atoms with Crippen LogP contribution >= 0.6 is 0 Å². The van der Waals surface area contributed by atoms with Crippen LogP contribution in [0.1, 0.15) is 39.5 Å². The van der Waals surface area contributed by atoms with Crippen LogP contribution in [0.3, 0.4) is 0 Å². The molecule has 0 radical (unpaired) electrons. The molecule has 2 rings (SSSR count). The summed E-state index contributed by atoms with van der Waals surface area (Å²) in [7, 11) is 0. The summed E-state index contributed by atoms with van der Waals surface area (Å²) >= 11 is 0. The first-order chi connectivity index (χ1) is 6.77. The van der Waals surface area contributed by atoms with Crippen LogP contribution in [0.2, 0.25) is 0 Å². The molecule has 2 aliphatic heterocycles. The molecule has 3 atom stereocenters. The monoisotopic (exact) mass is 198 g/mol. The van der Waals surface area contributed by atoms with E-state index in [0.717, 1.165) is 19.6 Å². The Balaban J connectivity index is 1.86. The second-order valence-corrected chi connectivity index (χ2v) is 4.73. The van der Waals surface area contributed by atoms with Gasteiger partial charge >= 0.3 is 0 Å². The van der Waals surface area contributed by atoms with Gasteiger partial charge in [-0.2, -0.15) is 0 Å². The summed E-state index contributed by atoms with van der Waals surface area (Å²) in [6.45, 7) is 6.45. The molecule has 0 spiro atoms. The molecule has 0 aromatic carbocycles. The van der Waals surface area contributed by atoms with Crippen molar-refractivity contribution in [1.82, 2.24) is 10.4 Å². The summed E-state index contributed by atoms with van der Waals surface area (Å²) in [6, 6.07) is 1.91. The van der Waals surface area contributed by atoms with Crippen LogP contribution in [0, 0.1) is 0 Å². The Hall–Kier alpha value is -0.120. The van der Waals surface area contributed by atoms with E-state index in [1.165, 1.54) is 19.3 Å². The van der Waals surface area contributed by atoms with Crippen molar-refractivity contribution in [2.75, 3.05) is 13.2 Å². The van der Waals surface area contributed by atoms with Crippen LogP contribution in [0.25, 0.3) is 0 Å². The van der Waals surface area contributed by atoms with Gasteiger partial charge in [0.2, 0.25) is 0 Å². The molecule has 0 amide bonds. The van der Waals surface area contributed by atoms with Gasteiger partial charge in [0.05, 0.1) is 6.61 Å². The quantitative estimate of drug-likeness (QED) is 0.728. The molecular weight excluding hydrogens is 176 g/mol. The van der Waals surface area contributed by atoms with E-state index >= 15 is 0 Å². The van der Waals surface area contributed by atoms with Crippen LogP contribution in [-0.4, -0.2) is 36.3 Å². The molecule has 0 aromatic heterocycles. The van der Waals surface area contributed by atoms with Crippen molar-refractivity contribution in [3.63, 3.8) is 0 Å². The van der Waals surface area contributed by atoms with Crippen LogP contribution in [0.15, 0.2) is 0 Å². The van der Waals surface area contributed by atoms with Gasteiger partial charge in [-0.15, -0.1) is 0 Å². The van der Waals surface area contributed by atoms with E-state index in [-0.39, 0.29) is 0 Å². The minimum atomic E-state index is 0.554. The number of ether oxygens (including phenoxy) is 1. The average Bonchev–Trinajstić information content (AvgIpc) is 2.64. The highest BCUT2D eigenvalue weighted by Gasteiger charge is 2.27. The smallest absolute Gasteiger partial charge is 0.0634 e. The van der Waals surface area contributed by atoms with Crippen molar-refractivity contribution in [3.05, 3.63) is 0 Å². The van der Waals surface area contributed by atoms with Crippen LogP contribution in [-0.2, 0) is 4.74 Å². The van der Waals surface area contributed by atoms with Crippen molar-refractivity contribution < 1.29 is 4.74 Å². The Morgan fingerprint density at radius 1 is 1.14 bits per heavy atom. The molecule has 0 bridgehead atoms. The molecule has 2 fully saturated rings. The zero-order valence-electron chi connectivity index (χ0n) is 9.33. The highest BCUT2D eigenvalue weighted by atomic mass is 16.5. The second kappa shape index (κ2) is 4.60. The molecule has 0 aliphatic carbocycles. The van der Waals surface area contributed by atoms with Crippen molar-refractivity contribution >= 4 is 0 Å². The van der Waals surface area contributed by atoms with Crippen molar-refractivity contribution in [2.45, 2.75) is 57.7 Å². The Kier molecular flexibility index (Phi) is 3.42. The van der Waals surface area contributed by atoms with E-state index in [1.807, 2.05) is 0 Å². The van der Waals surface area contributed by atoms with Crippen molar-refractivity contribution in [3.8, 4) is 0 Å². The van der Waals surface area contributed by atoms with E-state index in [4.69, 9.17) is 4.74 Å². The lowest BCUT2D eigenvalue weighted by Crippen LogP contribution is -2.55. The standard InChI is InChI=1S/C11H22N2O/c1-9-4-3-5-10(2)13(9)12-11-6-7-14-8-11/h9-12H,3-8H2,1-2H3. The third-order valence-corrected chi connectivity index (χ3v) is 3.45. The van der Waals surface area contributed by atoms with Gasteiger partial charge in [-0.05, 0) is 33.1 Å². The molecule has 3 unspecified atom stereocenters. The maximum atomic E-state index is 5.38. The Bertz CT molecular complexity index is 170. The van der Waals surface area contributed by atoms with Crippen LogP contribution in [0.5, 0.6) is 0 Å². The second-order valence-electron chi connectivity index (χ2n) is 4.73. The van der Waals surface area contributed by atoms with Crippen molar-refractivity contribution in [1.29, 1.82) is 0 Å². The number of hydrogen-bond donors (Lipinski definition) is 1. The van der Waals surface area contributed by atoms with Gasteiger partial charge in [0.15, 0.2) is 0 Å². The molecule has 0 saturated carbocycles. The number of nitrogens with one attached hydrogen (secondary N) is 1.